The maximum absolute atomic E-state index is 4.76. The van der Waals surface area contributed by atoms with E-state index in [1.807, 2.05) is 0 Å². The molecule has 0 amide bonds. The molecule has 9 heavy (non-hydrogen) atoms. The Labute approximate surface area is 79.4 Å². The van der Waals surface area contributed by atoms with Crippen LogP contribution in [0.15, 0.2) is 0 Å². The van der Waals surface area contributed by atoms with Gasteiger partial charge in [-0.1, -0.05) is 6.61 Å². The largest absolute Gasteiger partial charge is 2.00 e. The van der Waals surface area contributed by atoms with E-state index in [2.05, 4.69) is 17.7 Å². The average Bonchev–Trinajstić information content (AvgIpc) is 1.69. The molecule has 5 heteroatoms. The minimum absolute atomic E-state index is 0. The van der Waals surface area contributed by atoms with E-state index in [4.69, 9.17) is 4.74 Å². The van der Waals surface area contributed by atoms with Gasteiger partial charge in [-0.2, -0.15) is 0 Å². The Kier molecular flexibility index (Phi) is 29.2. The first-order chi connectivity index (χ1) is 3.41. The molecule has 0 fully saturated rings. The number of ether oxygens (including phenoxy) is 1. The Bertz CT molecular complexity index is 35.7. The summed E-state index contributed by atoms with van der Waals surface area (Å²) >= 11 is 0. The van der Waals surface area contributed by atoms with Gasteiger partial charge < -0.3 is 22.6 Å². The molecule has 0 aromatic carbocycles. The van der Waals surface area contributed by atoms with Gasteiger partial charge in [-0.15, -0.1) is 0 Å². The molecule has 0 heterocycles. The maximum atomic E-state index is 4.76. The summed E-state index contributed by atoms with van der Waals surface area (Å²) in [5.41, 5.74) is 0. The zero-order valence-corrected chi connectivity index (χ0v) is 9.46. The van der Waals surface area contributed by atoms with Gasteiger partial charge in [0.25, 0.3) is 0 Å². The second kappa shape index (κ2) is 16.0. The molecule has 0 spiro atoms. The van der Waals surface area contributed by atoms with Crippen LogP contribution in [0.2, 0.25) is 0 Å². The van der Waals surface area contributed by atoms with Gasteiger partial charge in [-0.05, 0) is 0 Å². The number of nitrogens with two attached hydrogens (primary N) is 2. The molecule has 54 valence electrons. The van der Waals surface area contributed by atoms with E-state index in [1.54, 1.807) is 0 Å². The molecule has 0 aliphatic carbocycles. The third-order valence-electron chi connectivity index (χ3n) is 0.490. The fraction of sp³-hybridized carbons (Fsp3) is 0.750. The van der Waals surface area contributed by atoms with E-state index in [-0.39, 0.29) is 37.3 Å². The molecule has 0 aliphatic heterocycles. The van der Waals surface area contributed by atoms with Crippen LogP contribution in [0.1, 0.15) is 0 Å². The third-order valence-corrected chi connectivity index (χ3v) is 0.490. The Morgan fingerprint density at radius 3 is 2.22 bits per heavy atom. The van der Waals surface area contributed by atoms with Gasteiger partial charge in [0.2, 0.25) is 0 Å². The smallest absolute Gasteiger partial charge is 0.693 e. The van der Waals surface area contributed by atoms with E-state index < -0.39 is 0 Å². The molecular formula is C4H12N2O2U. The average molecular weight is 358 g/mol. The van der Waals surface area contributed by atoms with E-state index in [0.29, 0.717) is 19.8 Å². The normalized spacial score (nSPS) is 7.33. The standard InChI is InChI=1S/C4H10NO2.H2N.U/c1-2-6-3-4-7-5;;/h1-5H2;1H2;/q2*-1;+2. The number of hydrogen-bond acceptors (Lipinski definition) is 3. The molecule has 0 aliphatic rings. The van der Waals surface area contributed by atoms with Crippen LogP contribution < -0.4 is 5.90 Å². The van der Waals surface area contributed by atoms with Crippen LogP contribution in [0, 0.1) is 38.0 Å². The molecular weight excluding hydrogens is 346 g/mol. The summed E-state index contributed by atoms with van der Waals surface area (Å²) in [5.74, 6) is 4.67. The Balaban J connectivity index is -0.000000180. The van der Waals surface area contributed by atoms with Gasteiger partial charge in [0.1, 0.15) is 0 Å². The quantitative estimate of drug-likeness (QED) is 0.450. The van der Waals surface area contributed by atoms with E-state index in [0.717, 1.165) is 0 Å². The zero-order valence-electron chi connectivity index (χ0n) is 5.30. The number of hydrogen-bond donors (Lipinski definition) is 1. The first kappa shape index (κ1) is 16.5. The van der Waals surface area contributed by atoms with Crippen LogP contribution in [0.4, 0.5) is 0 Å². The molecule has 0 unspecified atom stereocenters. The van der Waals surface area contributed by atoms with Crippen molar-refractivity contribution in [3.63, 3.8) is 0 Å². The summed E-state index contributed by atoms with van der Waals surface area (Å²) in [6, 6.07) is 0. The van der Waals surface area contributed by atoms with E-state index >= 15 is 0 Å². The molecule has 0 aromatic heterocycles. The molecule has 4 nitrogen and oxygen atoms in total. The van der Waals surface area contributed by atoms with E-state index in [9.17, 15) is 0 Å². The van der Waals surface area contributed by atoms with Gasteiger partial charge in [-0.3, -0.25) is 0 Å². The van der Waals surface area contributed by atoms with Crippen molar-refractivity contribution in [1.29, 1.82) is 0 Å². The van der Waals surface area contributed by atoms with Gasteiger partial charge in [0.15, 0.2) is 0 Å². The molecule has 0 radical (unpaired) electrons. The van der Waals surface area contributed by atoms with Crippen LogP contribution in [0.5, 0.6) is 0 Å². The summed E-state index contributed by atoms with van der Waals surface area (Å²) in [7, 11) is 0. The molecule has 0 aromatic rings. The summed E-state index contributed by atoms with van der Waals surface area (Å²) in [6.45, 7) is 4.88. The van der Waals surface area contributed by atoms with Crippen LogP contribution in [0.25, 0.3) is 6.15 Å². The van der Waals surface area contributed by atoms with Gasteiger partial charge in [0, 0.05) is 0 Å². The summed E-state index contributed by atoms with van der Waals surface area (Å²) in [4.78, 5) is 4.19. The van der Waals surface area contributed by atoms with Crippen molar-refractivity contribution in [3.05, 3.63) is 13.1 Å². The maximum Gasteiger partial charge on any atom is 2.00 e. The second-order valence-electron chi connectivity index (χ2n) is 0.983. The topological polar surface area (TPSA) is 78.0 Å². The minimum Gasteiger partial charge on any atom is -0.693 e. The van der Waals surface area contributed by atoms with Gasteiger partial charge in [0.05, 0.1) is 13.2 Å². The first-order valence-electron chi connectivity index (χ1n) is 2.10. The van der Waals surface area contributed by atoms with Gasteiger partial charge >= 0.3 is 31.1 Å². The van der Waals surface area contributed by atoms with Crippen molar-refractivity contribution in [2.75, 3.05) is 19.8 Å². The second-order valence-corrected chi connectivity index (χ2v) is 0.983. The third kappa shape index (κ3) is 17.6. The summed E-state index contributed by atoms with van der Waals surface area (Å²) in [6.07, 6.45) is 0. The monoisotopic (exact) mass is 358 g/mol. The Hall–Kier alpha value is 0.892. The van der Waals surface area contributed by atoms with Crippen LogP contribution >= 0.6 is 0 Å². The van der Waals surface area contributed by atoms with Crippen LogP contribution in [0.3, 0.4) is 0 Å². The molecule has 0 saturated carbocycles. The zero-order chi connectivity index (χ0) is 5.54. The number of rotatable bonds is 4. The molecule has 0 atom stereocenters. The molecule has 0 rings (SSSR count). The van der Waals surface area contributed by atoms with Crippen molar-refractivity contribution in [3.8, 4) is 0 Å². The van der Waals surface area contributed by atoms with Crippen LogP contribution in [-0.2, 0) is 9.57 Å². The SMILES string of the molecule is [CH2-]COCCON.[NH2-].[U+2]. The predicted molar refractivity (Wildman–Crippen MR) is 31.6 cm³/mol. The fourth-order valence-corrected chi connectivity index (χ4v) is 0.209. The molecule has 4 N–H and O–H groups in total. The van der Waals surface area contributed by atoms with Crippen molar-refractivity contribution in [2.24, 2.45) is 5.90 Å². The van der Waals surface area contributed by atoms with E-state index in [1.165, 1.54) is 0 Å². The minimum atomic E-state index is 0. The molecule has 0 saturated heterocycles. The van der Waals surface area contributed by atoms with Crippen molar-refractivity contribution in [2.45, 2.75) is 0 Å². The summed E-state index contributed by atoms with van der Waals surface area (Å²) in [5, 5.41) is 0. The van der Waals surface area contributed by atoms with Crippen molar-refractivity contribution in [1.82, 2.24) is 0 Å². The first-order valence-corrected chi connectivity index (χ1v) is 2.10. The fourth-order valence-electron chi connectivity index (χ4n) is 0.209. The van der Waals surface area contributed by atoms with Crippen LogP contribution in [-0.4, -0.2) is 19.8 Å². The van der Waals surface area contributed by atoms with Gasteiger partial charge in [-0.25, -0.2) is 5.90 Å². The molecule has 0 bridgehead atoms. The predicted octanol–water partition coefficient (Wildman–Crippen LogP) is 0.444. The van der Waals surface area contributed by atoms with Crippen molar-refractivity contribution >= 4 is 0 Å². The Morgan fingerprint density at radius 2 is 1.89 bits per heavy atom. The Morgan fingerprint density at radius 1 is 1.33 bits per heavy atom. The van der Waals surface area contributed by atoms with Crippen molar-refractivity contribution < 1.29 is 40.7 Å². The summed E-state index contributed by atoms with van der Waals surface area (Å²) < 4.78 is 4.76.